The predicted molar refractivity (Wildman–Crippen MR) is 114 cm³/mol. The number of hydroxylamine groups is 2. The summed E-state index contributed by atoms with van der Waals surface area (Å²) in [6.07, 6.45) is -0.257. The molecule has 0 radical (unpaired) electrons. The van der Waals surface area contributed by atoms with Crippen LogP contribution in [0.1, 0.15) is 42.0 Å². The van der Waals surface area contributed by atoms with Gasteiger partial charge in [-0.25, -0.2) is 18.6 Å². The number of nitrogens with zero attached hydrogens (tertiary/aromatic N) is 4. The number of hydrogen-bond donors (Lipinski definition) is 1. The van der Waals surface area contributed by atoms with E-state index in [1.807, 2.05) is 0 Å². The number of ketones is 1. The van der Waals surface area contributed by atoms with Crippen LogP contribution in [0, 0.1) is 11.6 Å². The lowest BCUT2D eigenvalue weighted by molar-refractivity contribution is -0.166. The third-order valence-electron chi connectivity index (χ3n) is 5.82. The molecule has 2 aliphatic heterocycles. The van der Waals surface area contributed by atoms with E-state index in [-0.39, 0.29) is 47.7 Å². The third-order valence-corrected chi connectivity index (χ3v) is 6.11. The number of anilines is 1. The fourth-order valence-electron chi connectivity index (χ4n) is 4.01. The lowest BCUT2D eigenvalue weighted by Crippen LogP contribution is -2.45. The lowest BCUT2D eigenvalue weighted by Gasteiger charge is -2.33. The molecule has 4 rings (SSSR count). The van der Waals surface area contributed by atoms with Crippen molar-refractivity contribution in [3.05, 3.63) is 45.7 Å². The molecule has 3 heterocycles. The molecule has 1 N–H and O–H groups in total. The van der Waals surface area contributed by atoms with Gasteiger partial charge in [-0.2, -0.15) is 5.10 Å². The minimum atomic E-state index is -0.962. The number of rotatable bonds is 3. The van der Waals surface area contributed by atoms with Crippen molar-refractivity contribution in [1.82, 2.24) is 19.7 Å². The highest BCUT2D eigenvalue weighted by Crippen LogP contribution is 2.30. The van der Waals surface area contributed by atoms with Gasteiger partial charge >= 0.3 is 6.03 Å². The molecule has 0 bridgehead atoms. The lowest BCUT2D eigenvalue weighted by atomic mass is 9.99. The van der Waals surface area contributed by atoms with Crippen molar-refractivity contribution in [1.29, 1.82) is 0 Å². The number of carbonyl (C=O) groups excluding carboxylic acids is 3. The van der Waals surface area contributed by atoms with Gasteiger partial charge in [0.25, 0.3) is 5.91 Å². The van der Waals surface area contributed by atoms with E-state index >= 15 is 0 Å². The van der Waals surface area contributed by atoms with Crippen LogP contribution in [0.3, 0.4) is 0 Å². The molecule has 176 valence electrons. The number of urea groups is 1. The number of aromatic nitrogens is 2. The topological polar surface area (TPSA) is 96.8 Å². The largest absolute Gasteiger partial charge is 0.322 e. The number of amides is 3. The number of Topliss-reactive ketones (excluding diaryl/α,β-unsaturated/α-hetero) is 1. The number of nitrogens with one attached hydrogen (secondary N) is 1. The number of fused-ring (bicyclic) bond motifs is 3. The van der Waals surface area contributed by atoms with E-state index in [9.17, 15) is 23.2 Å². The van der Waals surface area contributed by atoms with Crippen molar-refractivity contribution in [2.24, 2.45) is 0 Å². The molecule has 3 amide bonds. The van der Waals surface area contributed by atoms with Crippen LogP contribution in [0.2, 0.25) is 5.02 Å². The van der Waals surface area contributed by atoms with Gasteiger partial charge in [0.2, 0.25) is 0 Å². The number of hydrogen-bond acceptors (Lipinski definition) is 5. The van der Waals surface area contributed by atoms with Gasteiger partial charge in [0, 0.05) is 37.6 Å². The Kier molecular flexibility index (Phi) is 6.10. The van der Waals surface area contributed by atoms with E-state index in [0.717, 1.165) is 11.1 Å². The van der Waals surface area contributed by atoms with E-state index in [1.54, 1.807) is 13.8 Å². The Morgan fingerprint density at radius 1 is 1.30 bits per heavy atom. The maximum Gasteiger partial charge on any atom is 0.322 e. The average Bonchev–Trinajstić information content (AvgIpc) is 3.05. The standard InChI is InChI=1S/C21H22ClF2N5O4/c1-4-17(30)18-9-29-19(20(31)27(3)33-18)11-8-28(10(2)5-15(11)26-29)21(32)25-16-6-12(22)13(23)7-14(16)24/h6-7,10,18H,4-5,8-9H2,1-3H3,(H,25,32)/t10-,18+/m1/s1. The zero-order chi connectivity index (χ0) is 24.0. The summed E-state index contributed by atoms with van der Waals surface area (Å²) in [4.78, 5) is 45.1. The first-order chi connectivity index (χ1) is 15.6. The molecule has 2 atom stereocenters. The Hall–Kier alpha value is -3.05. The fourth-order valence-corrected chi connectivity index (χ4v) is 4.17. The van der Waals surface area contributed by atoms with Gasteiger partial charge in [-0.1, -0.05) is 18.5 Å². The number of benzene rings is 1. The molecule has 2 aliphatic rings. The molecule has 0 aliphatic carbocycles. The van der Waals surface area contributed by atoms with Gasteiger partial charge in [-0.05, 0) is 13.0 Å². The summed E-state index contributed by atoms with van der Waals surface area (Å²) < 4.78 is 29.0. The monoisotopic (exact) mass is 481 g/mol. The molecular weight excluding hydrogens is 460 g/mol. The van der Waals surface area contributed by atoms with E-state index < -0.39 is 29.7 Å². The number of carbonyl (C=O) groups is 3. The van der Waals surface area contributed by atoms with Gasteiger partial charge in [-0.3, -0.25) is 19.1 Å². The maximum atomic E-state index is 14.1. The van der Waals surface area contributed by atoms with E-state index in [2.05, 4.69) is 10.4 Å². The summed E-state index contributed by atoms with van der Waals surface area (Å²) in [5.41, 5.74) is 1.15. The Labute approximate surface area is 193 Å². The van der Waals surface area contributed by atoms with Crippen LogP contribution < -0.4 is 5.32 Å². The Morgan fingerprint density at radius 2 is 2.03 bits per heavy atom. The summed E-state index contributed by atoms with van der Waals surface area (Å²) in [6, 6.07) is 0.624. The molecule has 12 heteroatoms. The van der Waals surface area contributed by atoms with Crippen LogP contribution in [-0.4, -0.2) is 56.7 Å². The maximum absolute atomic E-state index is 14.1. The number of halogens is 3. The van der Waals surface area contributed by atoms with E-state index in [0.29, 0.717) is 23.7 Å². The quantitative estimate of drug-likeness (QED) is 0.679. The smallest absolute Gasteiger partial charge is 0.317 e. The van der Waals surface area contributed by atoms with Crippen LogP contribution in [0.4, 0.5) is 19.3 Å². The predicted octanol–water partition coefficient (Wildman–Crippen LogP) is 3.16. The van der Waals surface area contributed by atoms with Crippen molar-refractivity contribution in [2.45, 2.75) is 51.9 Å². The molecule has 0 saturated heterocycles. The molecule has 0 fully saturated rings. The minimum Gasteiger partial charge on any atom is -0.317 e. The average molecular weight is 482 g/mol. The highest BCUT2D eigenvalue weighted by molar-refractivity contribution is 6.31. The summed E-state index contributed by atoms with van der Waals surface area (Å²) in [6.45, 7) is 3.61. The fraction of sp³-hybridized carbons (Fsp3) is 0.429. The Bertz CT molecular complexity index is 1150. The van der Waals surface area contributed by atoms with Gasteiger partial charge in [0.15, 0.2) is 11.9 Å². The molecule has 0 unspecified atom stereocenters. The first kappa shape index (κ1) is 23.1. The molecule has 9 nitrogen and oxygen atoms in total. The second-order valence-electron chi connectivity index (χ2n) is 8.03. The molecule has 1 aromatic carbocycles. The first-order valence-electron chi connectivity index (χ1n) is 10.4. The van der Waals surface area contributed by atoms with Crippen molar-refractivity contribution in [2.75, 3.05) is 12.4 Å². The van der Waals surface area contributed by atoms with Gasteiger partial charge < -0.3 is 10.2 Å². The zero-order valence-electron chi connectivity index (χ0n) is 18.2. The summed E-state index contributed by atoms with van der Waals surface area (Å²) >= 11 is 5.71. The van der Waals surface area contributed by atoms with Crippen LogP contribution >= 0.6 is 11.6 Å². The molecule has 2 aromatic rings. The third kappa shape index (κ3) is 4.18. The van der Waals surface area contributed by atoms with Crippen LogP contribution in [0.5, 0.6) is 0 Å². The van der Waals surface area contributed by atoms with Crippen molar-refractivity contribution < 1.29 is 28.0 Å². The van der Waals surface area contributed by atoms with E-state index in [1.165, 1.54) is 16.6 Å². The second kappa shape index (κ2) is 8.71. The summed E-state index contributed by atoms with van der Waals surface area (Å²) in [5.74, 6) is -2.54. The Balaban J connectivity index is 1.63. The first-order valence-corrected chi connectivity index (χ1v) is 10.8. The molecular formula is C21H22ClF2N5O4. The van der Waals surface area contributed by atoms with Gasteiger partial charge in [0.1, 0.15) is 17.3 Å². The normalized spacial score (nSPS) is 20.2. The molecule has 33 heavy (non-hydrogen) atoms. The summed E-state index contributed by atoms with van der Waals surface area (Å²) in [5, 5.41) is 7.62. The molecule has 0 spiro atoms. The van der Waals surface area contributed by atoms with Crippen LogP contribution in [0.25, 0.3) is 0 Å². The van der Waals surface area contributed by atoms with Gasteiger partial charge in [0.05, 0.1) is 29.5 Å². The molecule has 1 aromatic heterocycles. The molecule has 0 saturated carbocycles. The second-order valence-corrected chi connectivity index (χ2v) is 8.44. The SMILES string of the molecule is CCC(=O)[C@@H]1Cn2nc3c(c2C(=O)N(C)O1)CN(C(=O)Nc1cc(Cl)c(F)cc1F)[C@H](C)C3. The van der Waals surface area contributed by atoms with Gasteiger partial charge in [-0.15, -0.1) is 0 Å². The van der Waals surface area contributed by atoms with E-state index in [4.69, 9.17) is 16.4 Å². The van der Waals surface area contributed by atoms with Crippen molar-refractivity contribution >= 4 is 35.0 Å². The van der Waals surface area contributed by atoms with Crippen molar-refractivity contribution in [3.63, 3.8) is 0 Å². The summed E-state index contributed by atoms with van der Waals surface area (Å²) in [7, 11) is 1.42. The van der Waals surface area contributed by atoms with Crippen molar-refractivity contribution in [3.8, 4) is 0 Å². The highest BCUT2D eigenvalue weighted by Gasteiger charge is 2.38. The minimum absolute atomic E-state index is 0.0280. The van der Waals surface area contributed by atoms with Crippen LogP contribution in [0.15, 0.2) is 12.1 Å². The van der Waals surface area contributed by atoms with Crippen LogP contribution in [-0.2, 0) is 29.1 Å². The zero-order valence-corrected chi connectivity index (χ0v) is 18.9. The highest BCUT2D eigenvalue weighted by atomic mass is 35.5. The Morgan fingerprint density at radius 3 is 2.73 bits per heavy atom.